The Morgan fingerprint density at radius 2 is 1.48 bits per heavy atom. The molecule has 1 unspecified atom stereocenters. The van der Waals surface area contributed by atoms with Crippen LogP contribution in [0.25, 0.3) is 22.4 Å². The van der Waals surface area contributed by atoms with Crippen molar-refractivity contribution in [2.24, 2.45) is 0 Å². The summed E-state index contributed by atoms with van der Waals surface area (Å²) in [5, 5.41) is 0. The van der Waals surface area contributed by atoms with Crippen LogP contribution in [0.5, 0.6) is 0 Å². The van der Waals surface area contributed by atoms with Crippen molar-refractivity contribution in [1.29, 1.82) is 0 Å². The molecule has 29 heavy (non-hydrogen) atoms. The number of carbonyl (C=O) groups excluding carboxylic acids is 1. The Morgan fingerprint density at radius 1 is 0.862 bits per heavy atom. The molecule has 1 heterocycles. The van der Waals surface area contributed by atoms with Crippen molar-refractivity contribution >= 4 is 16.8 Å². The quantitative estimate of drug-likeness (QED) is 0.380. The molecule has 0 spiro atoms. The zero-order valence-corrected chi connectivity index (χ0v) is 17.4. The highest BCUT2D eigenvalue weighted by Gasteiger charge is 2.23. The van der Waals surface area contributed by atoms with Crippen LogP contribution in [0.4, 0.5) is 0 Å². The third-order valence-electron chi connectivity index (χ3n) is 5.43. The second kappa shape index (κ2) is 7.32. The Hall–Kier alpha value is -3.20. The van der Waals surface area contributed by atoms with E-state index in [1.54, 1.807) is 0 Å². The van der Waals surface area contributed by atoms with Crippen LogP contribution < -0.4 is 0 Å². The van der Waals surface area contributed by atoms with Crippen LogP contribution in [0.2, 0.25) is 0 Å². The highest BCUT2D eigenvalue weighted by atomic mass is 16.1. The number of carbonyl (C=O) groups is 1. The maximum Gasteiger partial charge on any atom is 0.185 e. The molecule has 4 aromatic rings. The van der Waals surface area contributed by atoms with Crippen molar-refractivity contribution in [2.75, 3.05) is 0 Å². The maximum atomic E-state index is 13.2. The minimum absolute atomic E-state index is 0.0846. The van der Waals surface area contributed by atoms with Crippen LogP contribution in [0, 0.1) is 0 Å². The van der Waals surface area contributed by atoms with Gasteiger partial charge in [-0.2, -0.15) is 0 Å². The number of imidazole rings is 1. The third-order valence-corrected chi connectivity index (χ3v) is 5.43. The Morgan fingerprint density at radius 3 is 2.14 bits per heavy atom. The topological polar surface area (TPSA) is 34.9 Å². The van der Waals surface area contributed by atoms with Gasteiger partial charge in [0, 0.05) is 11.1 Å². The van der Waals surface area contributed by atoms with Gasteiger partial charge in [0.05, 0.1) is 17.1 Å². The minimum Gasteiger partial charge on any atom is -0.313 e. The molecule has 0 aliphatic carbocycles. The summed E-state index contributed by atoms with van der Waals surface area (Å²) < 4.78 is 2.07. The predicted octanol–water partition coefficient (Wildman–Crippen LogP) is 6.44. The van der Waals surface area contributed by atoms with E-state index in [0.717, 1.165) is 22.4 Å². The largest absolute Gasteiger partial charge is 0.313 e. The first-order chi connectivity index (χ1) is 13.9. The summed E-state index contributed by atoms with van der Waals surface area (Å²) >= 11 is 0. The number of para-hydroxylation sites is 2. The standard InChI is InChI=1S/C26H26N2O/c1-18(24(29)19-10-6-5-7-11-19)28-23-13-9-8-12-22(23)27-25(28)20-14-16-21(17-15-20)26(2,3)4/h5-18H,1-4H3. The molecule has 1 aromatic heterocycles. The van der Waals surface area contributed by atoms with Crippen LogP contribution in [0.3, 0.4) is 0 Å². The van der Waals surface area contributed by atoms with E-state index in [-0.39, 0.29) is 17.2 Å². The van der Waals surface area contributed by atoms with Crippen molar-refractivity contribution in [2.45, 2.75) is 39.2 Å². The molecule has 0 saturated heterocycles. The lowest BCUT2D eigenvalue weighted by Crippen LogP contribution is -2.17. The lowest BCUT2D eigenvalue weighted by molar-refractivity contribution is 0.0937. The van der Waals surface area contributed by atoms with E-state index in [9.17, 15) is 4.79 Å². The van der Waals surface area contributed by atoms with Crippen LogP contribution in [0.1, 0.15) is 49.7 Å². The van der Waals surface area contributed by atoms with E-state index in [0.29, 0.717) is 5.56 Å². The summed E-state index contributed by atoms with van der Waals surface area (Å²) in [6.45, 7) is 8.57. The summed E-state index contributed by atoms with van der Waals surface area (Å²) in [6, 6.07) is 25.6. The van der Waals surface area contributed by atoms with Gasteiger partial charge in [0.25, 0.3) is 0 Å². The van der Waals surface area contributed by atoms with Gasteiger partial charge in [-0.3, -0.25) is 4.79 Å². The minimum atomic E-state index is -0.359. The highest BCUT2D eigenvalue weighted by Crippen LogP contribution is 2.31. The van der Waals surface area contributed by atoms with Crippen molar-refractivity contribution in [3.63, 3.8) is 0 Å². The maximum absolute atomic E-state index is 13.2. The second-order valence-electron chi connectivity index (χ2n) is 8.53. The second-order valence-corrected chi connectivity index (χ2v) is 8.53. The molecule has 4 rings (SSSR count). The lowest BCUT2D eigenvalue weighted by Gasteiger charge is -2.20. The van der Waals surface area contributed by atoms with Crippen LogP contribution in [-0.2, 0) is 5.41 Å². The summed E-state index contributed by atoms with van der Waals surface area (Å²) in [6.07, 6.45) is 0. The summed E-state index contributed by atoms with van der Waals surface area (Å²) in [7, 11) is 0. The molecule has 0 radical (unpaired) electrons. The van der Waals surface area contributed by atoms with Gasteiger partial charge in [-0.25, -0.2) is 4.98 Å². The Kier molecular flexibility index (Phi) is 4.83. The number of nitrogens with zero attached hydrogens (tertiary/aromatic N) is 2. The number of benzene rings is 3. The molecule has 0 aliphatic rings. The predicted molar refractivity (Wildman–Crippen MR) is 119 cm³/mol. The summed E-state index contributed by atoms with van der Waals surface area (Å²) in [5.41, 5.74) is 4.97. The lowest BCUT2D eigenvalue weighted by atomic mass is 9.86. The van der Waals surface area contributed by atoms with E-state index < -0.39 is 0 Å². The normalized spacial score (nSPS) is 12.8. The first-order valence-electron chi connectivity index (χ1n) is 10.0. The van der Waals surface area contributed by atoms with E-state index in [1.165, 1.54) is 5.56 Å². The summed E-state index contributed by atoms with van der Waals surface area (Å²) in [4.78, 5) is 18.1. The van der Waals surface area contributed by atoms with Gasteiger partial charge < -0.3 is 4.57 Å². The number of Topliss-reactive ketones (excluding diaryl/α,β-unsaturated/α-hetero) is 1. The van der Waals surface area contributed by atoms with Gasteiger partial charge in [0.1, 0.15) is 5.82 Å². The van der Waals surface area contributed by atoms with Gasteiger partial charge in [-0.15, -0.1) is 0 Å². The van der Waals surface area contributed by atoms with E-state index >= 15 is 0 Å². The third kappa shape index (κ3) is 3.61. The molecule has 0 N–H and O–H groups in total. The fourth-order valence-electron chi connectivity index (χ4n) is 3.72. The molecule has 3 heteroatoms. The van der Waals surface area contributed by atoms with Crippen molar-refractivity contribution < 1.29 is 4.79 Å². The van der Waals surface area contributed by atoms with Crippen LogP contribution in [0.15, 0.2) is 78.9 Å². The van der Waals surface area contributed by atoms with Crippen LogP contribution in [-0.4, -0.2) is 15.3 Å². The molecule has 0 aliphatic heterocycles. The van der Waals surface area contributed by atoms with Crippen molar-refractivity contribution in [3.8, 4) is 11.4 Å². The SMILES string of the molecule is CC(C(=O)c1ccccc1)n1c(-c2ccc(C(C)(C)C)cc2)nc2ccccc21. The van der Waals surface area contributed by atoms with E-state index in [2.05, 4.69) is 49.6 Å². The number of rotatable bonds is 4. The van der Waals surface area contributed by atoms with E-state index in [4.69, 9.17) is 4.98 Å². The van der Waals surface area contributed by atoms with Crippen LogP contribution >= 0.6 is 0 Å². The van der Waals surface area contributed by atoms with Gasteiger partial charge >= 0.3 is 0 Å². The molecule has 1 atom stereocenters. The molecule has 146 valence electrons. The number of ketones is 1. The van der Waals surface area contributed by atoms with Gasteiger partial charge in [-0.1, -0.05) is 87.5 Å². The van der Waals surface area contributed by atoms with Crippen molar-refractivity contribution in [3.05, 3.63) is 90.0 Å². The molecule has 0 fully saturated rings. The Balaban J connectivity index is 1.84. The molecule has 3 aromatic carbocycles. The molecular formula is C26H26N2O. The molecular weight excluding hydrogens is 356 g/mol. The van der Waals surface area contributed by atoms with Gasteiger partial charge in [0.15, 0.2) is 5.78 Å². The monoisotopic (exact) mass is 382 g/mol. The average molecular weight is 383 g/mol. The number of hydrogen-bond donors (Lipinski definition) is 0. The smallest absolute Gasteiger partial charge is 0.185 e. The number of fused-ring (bicyclic) bond motifs is 1. The molecule has 0 saturated carbocycles. The highest BCUT2D eigenvalue weighted by molar-refractivity contribution is 6.00. The number of hydrogen-bond acceptors (Lipinski definition) is 2. The zero-order valence-electron chi connectivity index (χ0n) is 17.4. The van der Waals surface area contributed by atoms with Crippen molar-refractivity contribution in [1.82, 2.24) is 9.55 Å². The fraction of sp³-hybridized carbons (Fsp3) is 0.231. The average Bonchev–Trinajstić information content (AvgIpc) is 3.12. The molecule has 3 nitrogen and oxygen atoms in total. The van der Waals surface area contributed by atoms with E-state index in [1.807, 2.05) is 61.5 Å². The molecule has 0 amide bonds. The molecule has 0 bridgehead atoms. The Bertz CT molecular complexity index is 1150. The fourth-order valence-corrected chi connectivity index (χ4v) is 3.72. The van der Waals surface area contributed by atoms with Gasteiger partial charge in [0.2, 0.25) is 0 Å². The number of aromatic nitrogens is 2. The zero-order chi connectivity index (χ0) is 20.6. The summed E-state index contributed by atoms with van der Waals surface area (Å²) in [5.74, 6) is 0.907. The Labute approximate surface area is 172 Å². The van der Waals surface area contributed by atoms with Gasteiger partial charge in [-0.05, 0) is 30.0 Å². The first-order valence-corrected chi connectivity index (χ1v) is 10.0. The first kappa shape index (κ1) is 19.1.